The van der Waals surface area contributed by atoms with E-state index < -0.39 is 29.5 Å². The first-order valence-electron chi connectivity index (χ1n) is 7.73. The molecule has 6 nitrogen and oxygen atoms in total. The van der Waals surface area contributed by atoms with E-state index >= 15 is 0 Å². The van der Waals surface area contributed by atoms with Crippen molar-refractivity contribution in [2.24, 2.45) is 0 Å². The predicted octanol–water partition coefficient (Wildman–Crippen LogP) is -0.729. The van der Waals surface area contributed by atoms with Gasteiger partial charge in [0, 0.05) is 0 Å². The van der Waals surface area contributed by atoms with E-state index in [1.807, 2.05) is 18.2 Å². The number of nitrogens with zero attached hydrogens (tertiary/aromatic N) is 1. The van der Waals surface area contributed by atoms with Crippen molar-refractivity contribution in [2.75, 3.05) is 7.05 Å². The van der Waals surface area contributed by atoms with Gasteiger partial charge in [-0.2, -0.15) is 0 Å². The number of ether oxygens (including phenoxy) is 1. The number of carbonyl (C=O) groups excluding carboxylic acids is 1. The normalized spacial score (nSPS) is 36.5. The standard InChI is InChI=1S/C15H18I2N3O3/c1-4-13(5-2,10-8-9-6-7-11(10)22-9)23-12(21)14(16-18-14)15-17(19-15)20(15)3/h6-8,18-19H,4-5H2,1-3H3/q-1. The number of hydrogen-bond donors (Lipinski definition) is 2. The molecule has 2 bridgehead atoms. The van der Waals surface area contributed by atoms with Gasteiger partial charge in [0.2, 0.25) is 0 Å². The molecule has 3 fully saturated rings. The molecule has 3 unspecified atom stereocenters. The van der Waals surface area contributed by atoms with Crippen LogP contribution in [0.25, 0.3) is 11.2 Å². The second kappa shape index (κ2) is 4.51. The Balaban J connectivity index is 1.47. The number of furan rings is 2. The van der Waals surface area contributed by atoms with Crippen LogP contribution in [-0.4, -0.2) is 23.3 Å². The molecule has 2 N–H and O–H groups in total. The molecule has 0 spiro atoms. The molecule has 2 aromatic heterocycles. The van der Waals surface area contributed by atoms with E-state index in [-0.39, 0.29) is 31.1 Å². The van der Waals surface area contributed by atoms with Gasteiger partial charge in [0.1, 0.15) is 0 Å². The van der Waals surface area contributed by atoms with Gasteiger partial charge in [-0.25, -0.2) is 0 Å². The third-order valence-electron chi connectivity index (χ3n) is 5.21. The number of benzene rings is 1. The van der Waals surface area contributed by atoms with Crippen molar-refractivity contribution in [3.8, 4) is 0 Å². The van der Waals surface area contributed by atoms with E-state index in [0.29, 0.717) is 0 Å². The third-order valence-corrected chi connectivity index (χ3v) is 14.8. The molecule has 0 amide bonds. The first kappa shape index (κ1) is 15.1. The summed E-state index contributed by atoms with van der Waals surface area (Å²) in [6, 6.07) is 5.94. The van der Waals surface area contributed by atoms with Crippen LogP contribution in [0.4, 0.5) is 0 Å². The Morgan fingerprint density at radius 1 is 1.48 bits per heavy atom. The second-order valence-corrected chi connectivity index (χ2v) is 13.9. The molecule has 5 rings (SSSR count). The van der Waals surface area contributed by atoms with Gasteiger partial charge in [0.25, 0.3) is 0 Å². The minimum atomic E-state index is -1.18. The van der Waals surface area contributed by atoms with Gasteiger partial charge in [-0.15, -0.1) is 0 Å². The number of carbonyl (C=O) groups is 1. The summed E-state index contributed by atoms with van der Waals surface area (Å²) in [4.78, 5) is 13.1. The molecule has 5 heterocycles. The van der Waals surface area contributed by atoms with E-state index in [9.17, 15) is 4.79 Å². The monoisotopic (exact) mass is 542 g/mol. The van der Waals surface area contributed by atoms with Gasteiger partial charge in [-0.05, 0) is 0 Å². The minimum absolute atomic E-state index is 0.00410. The number of alkyl halides is 2. The van der Waals surface area contributed by atoms with Gasteiger partial charge in [-0.3, -0.25) is 0 Å². The number of esters is 1. The van der Waals surface area contributed by atoms with E-state index in [1.165, 1.54) is 0 Å². The third kappa shape index (κ3) is 1.71. The first-order chi connectivity index (χ1) is 11.0. The number of rotatable bonds is 6. The molecule has 8 heteroatoms. The molecular formula is C15H18I2N3O3-. The summed E-state index contributed by atoms with van der Waals surface area (Å²) >= 11 is -1.50. The van der Waals surface area contributed by atoms with Crippen molar-refractivity contribution in [3.63, 3.8) is 0 Å². The van der Waals surface area contributed by atoms with Crippen molar-refractivity contribution >= 4 is 37.5 Å². The quantitative estimate of drug-likeness (QED) is 0.125. The molecule has 0 saturated carbocycles. The van der Waals surface area contributed by atoms with Gasteiger partial charge in [-0.1, -0.05) is 0 Å². The van der Waals surface area contributed by atoms with Crippen molar-refractivity contribution < 1.29 is 35.4 Å². The number of halogens is 2. The van der Waals surface area contributed by atoms with Crippen LogP contribution in [0.1, 0.15) is 32.3 Å². The average Bonchev–Trinajstić information content (AvgIpc) is 3.51. The Bertz CT molecular complexity index is 795. The Morgan fingerprint density at radius 3 is 2.57 bits per heavy atom. The molecule has 0 aromatic carbocycles. The van der Waals surface area contributed by atoms with Crippen LogP contribution >= 0.6 is 20.4 Å². The van der Waals surface area contributed by atoms with E-state index in [2.05, 4.69) is 31.1 Å². The molecule has 126 valence electrons. The Morgan fingerprint density at radius 2 is 2.17 bits per heavy atom. The summed E-state index contributed by atoms with van der Waals surface area (Å²) in [7, 11) is 2.12. The second-order valence-electron chi connectivity index (χ2n) is 6.16. The van der Waals surface area contributed by atoms with Crippen LogP contribution in [0.2, 0.25) is 0 Å². The van der Waals surface area contributed by atoms with Crippen LogP contribution in [-0.2, 0) is 15.1 Å². The Labute approximate surface area is 152 Å². The van der Waals surface area contributed by atoms with Crippen LogP contribution in [0.5, 0.6) is 0 Å². The van der Waals surface area contributed by atoms with Gasteiger partial charge >= 0.3 is 153 Å². The maximum atomic E-state index is 13.1. The van der Waals surface area contributed by atoms with Crippen LogP contribution < -0.4 is 28.5 Å². The van der Waals surface area contributed by atoms with Gasteiger partial charge in [0.15, 0.2) is 0 Å². The molecule has 3 aliphatic heterocycles. The summed E-state index contributed by atoms with van der Waals surface area (Å²) < 4.78 is 20.8. The zero-order valence-corrected chi connectivity index (χ0v) is 17.4. The summed E-state index contributed by atoms with van der Waals surface area (Å²) in [5, 5.41) is 0. The molecule has 3 aliphatic rings. The van der Waals surface area contributed by atoms with E-state index in [1.54, 1.807) is 0 Å². The van der Waals surface area contributed by atoms with E-state index in [0.717, 1.165) is 29.6 Å². The van der Waals surface area contributed by atoms with Crippen molar-refractivity contribution in [1.29, 1.82) is 0 Å². The van der Waals surface area contributed by atoms with Crippen molar-refractivity contribution in [1.82, 2.24) is 10.2 Å². The van der Waals surface area contributed by atoms with Crippen LogP contribution in [0.3, 0.4) is 0 Å². The number of likely N-dealkylation sites (N-methyl/N-ethyl adjacent to an activating group) is 1. The summed E-state index contributed by atoms with van der Waals surface area (Å²) in [6.45, 7) is 4.16. The van der Waals surface area contributed by atoms with Gasteiger partial charge in [0.05, 0.1) is 0 Å². The Hall–Kier alpha value is -0.170. The topological polar surface area (TPSA) is 86.3 Å². The number of fused-ring (bicyclic) bond motifs is 3. The fraction of sp³-hybridized carbons (Fsp3) is 0.533. The number of nitrogens with one attached hydrogen (secondary N) is 2. The molecule has 2 aromatic rings. The SMILES string of the molecule is CCC(CC)(OC(=O)C1(C23NI2N3C)N[I-]1)c1cc2ccc1o2. The summed E-state index contributed by atoms with van der Waals surface area (Å²) in [5.41, 5.74) is 2.12. The average molecular weight is 542 g/mol. The van der Waals surface area contributed by atoms with Crippen molar-refractivity contribution in [2.45, 2.75) is 39.5 Å². The zero-order chi connectivity index (χ0) is 16.0. The maximum absolute atomic E-state index is 13.1. The molecular weight excluding hydrogens is 524 g/mol. The van der Waals surface area contributed by atoms with Crippen LogP contribution in [0.15, 0.2) is 22.6 Å². The zero-order valence-electron chi connectivity index (χ0n) is 13.1. The fourth-order valence-electron chi connectivity index (χ4n) is 3.46. The molecule has 23 heavy (non-hydrogen) atoms. The molecule has 3 saturated heterocycles. The van der Waals surface area contributed by atoms with Crippen LogP contribution in [0, 0.1) is 0 Å². The van der Waals surface area contributed by atoms with Crippen molar-refractivity contribution in [3.05, 3.63) is 23.8 Å². The van der Waals surface area contributed by atoms with Gasteiger partial charge < -0.3 is 0 Å². The number of hydrogen-bond acceptors (Lipinski definition) is 6. The van der Waals surface area contributed by atoms with E-state index in [4.69, 9.17) is 9.15 Å². The molecule has 0 radical (unpaired) electrons. The Kier molecular flexibility index (Phi) is 2.96. The first-order valence-corrected chi connectivity index (χ1v) is 13.0. The summed E-state index contributed by atoms with van der Waals surface area (Å²) in [5.74, 6) is -0.0658. The fourth-order valence-corrected chi connectivity index (χ4v) is 14.6. The molecule has 0 aliphatic carbocycles. The summed E-state index contributed by atoms with van der Waals surface area (Å²) in [6.07, 6.45) is 1.50. The molecule has 3 atom stereocenters. The predicted molar refractivity (Wildman–Crippen MR) is 89.3 cm³/mol.